The van der Waals surface area contributed by atoms with Crippen molar-refractivity contribution in [3.8, 4) is 0 Å². The van der Waals surface area contributed by atoms with Gasteiger partial charge in [-0.15, -0.1) is 0 Å². The number of fused-ring (bicyclic) bond motifs is 1. The van der Waals surface area contributed by atoms with Crippen LogP contribution in [-0.4, -0.2) is 86.6 Å². The lowest BCUT2D eigenvalue weighted by atomic mass is 10.00. The second kappa shape index (κ2) is 12.5. The monoisotopic (exact) mass is 603 g/mol. The molecule has 2 aliphatic heterocycles. The van der Waals surface area contributed by atoms with Gasteiger partial charge >= 0.3 is 6.18 Å². The summed E-state index contributed by atoms with van der Waals surface area (Å²) in [5, 5.41) is 4.64. The number of carbonyl (C=O) groups excluding carboxylic acids is 2. The maximum Gasteiger partial charge on any atom is 0.389 e. The maximum absolute atomic E-state index is 13.1. The Hall–Kier alpha value is -4.74. The lowest BCUT2D eigenvalue weighted by Crippen LogP contribution is -2.48. The zero-order valence-electron chi connectivity index (χ0n) is 24.1. The van der Waals surface area contributed by atoms with Crippen LogP contribution in [0.1, 0.15) is 46.6 Å². The molecule has 1 aromatic carbocycles. The van der Waals surface area contributed by atoms with Gasteiger partial charge in [-0.1, -0.05) is 18.2 Å². The highest BCUT2D eigenvalue weighted by Gasteiger charge is 2.30. The van der Waals surface area contributed by atoms with Gasteiger partial charge < -0.3 is 14.7 Å². The number of alkyl halides is 3. The molecule has 2 aliphatic rings. The second-order valence-corrected chi connectivity index (χ2v) is 11.0. The molecule has 5 heterocycles. The van der Waals surface area contributed by atoms with E-state index in [0.29, 0.717) is 49.5 Å². The first-order valence-electron chi connectivity index (χ1n) is 14.6. The molecule has 6 rings (SSSR count). The lowest BCUT2D eigenvalue weighted by molar-refractivity contribution is -0.148. The van der Waals surface area contributed by atoms with E-state index in [1.807, 2.05) is 71.9 Å². The first-order chi connectivity index (χ1) is 21.2. The highest BCUT2D eigenvalue weighted by molar-refractivity contribution is 5.94. The van der Waals surface area contributed by atoms with E-state index in [9.17, 15) is 22.8 Å². The molecule has 0 spiro atoms. The van der Waals surface area contributed by atoms with Crippen molar-refractivity contribution in [3.05, 3.63) is 95.7 Å². The molecule has 2 amide bonds. The van der Waals surface area contributed by atoms with Crippen LogP contribution in [0.2, 0.25) is 0 Å². The van der Waals surface area contributed by atoms with E-state index in [1.165, 1.54) is 4.90 Å². The van der Waals surface area contributed by atoms with Crippen LogP contribution in [0.4, 0.5) is 18.9 Å². The van der Waals surface area contributed by atoms with Crippen LogP contribution in [0, 0.1) is 0 Å². The Balaban J connectivity index is 1.07. The molecule has 44 heavy (non-hydrogen) atoms. The summed E-state index contributed by atoms with van der Waals surface area (Å²) in [6.45, 7) is 3.42. The van der Waals surface area contributed by atoms with Crippen molar-refractivity contribution < 1.29 is 22.8 Å². The Bertz CT molecular complexity index is 1660. The average Bonchev–Trinajstić information content (AvgIpc) is 3.46. The van der Waals surface area contributed by atoms with Crippen molar-refractivity contribution in [2.24, 2.45) is 0 Å². The van der Waals surface area contributed by atoms with Crippen molar-refractivity contribution >= 4 is 28.7 Å². The quantitative estimate of drug-likeness (QED) is 0.306. The van der Waals surface area contributed by atoms with Crippen molar-refractivity contribution in [1.29, 1.82) is 0 Å². The summed E-state index contributed by atoms with van der Waals surface area (Å²) in [4.78, 5) is 39.9. The SMILES string of the molecule is O=C(CCC(F)(F)F)N1CC=C(c2cccn3nc(Cc4ccc(C(=O)N5CCN(c6cccnc6)CC5)cc4)nc23)CC1. The molecule has 12 heteroatoms. The summed E-state index contributed by atoms with van der Waals surface area (Å²) < 4.78 is 39.3. The van der Waals surface area contributed by atoms with Crippen molar-refractivity contribution in [2.45, 2.75) is 31.9 Å². The summed E-state index contributed by atoms with van der Waals surface area (Å²) in [5.41, 5.74) is 5.24. The highest BCUT2D eigenvalue weighted by Crippen LogP contribution is 2.27. The van der Waals surface area contributed by atoms with Gasteiger partial charge in [0.15, 0.2) is 11.5 Å². The predicted molar refractivity (Wildman–Crippen MR) is 159 cm³/mol. The standard InChI is InChI=1S/C32H32F3N7O2/c33-32(34,35)12-9-29(43)40-15-10-24(11-16-40)27-4-2-14-42-30(27)37-28(38-42)21-23-5-7-25(8-6-23)31(44)41-19-17-39(18-20-41)26-3-1-13-36-22-26/h1-8,10,13-14,22H,9,11-12,15-21H2. The third kappa shape index (κ3) is 6.74. The number of anilines is 1. The van der Waals surface area contributed by atoms with E-state index in [0.717, 1.165) is 35.5 Å². The summed E-state index contributed by atoms with van der Waals surface area (Å²) in [6.07, 6.45) is 2.32. The van der Waals surface area contributed by atoms with Crippen LogP contribution in [0.3, 0.4) is 0 Å². The molecule has 0 radical (unpaired) electrons. The Morgan fingerprint density at radius 1 is 0.909 bits per heavy atom. The molecule has 0 aliphatic carbocycles. The zero-order valence-corrected chi connectivity index (χ0v) is 24.1. The van der Waals surface area contributed by atoms with Gasteiger partial charge in [-0.3, -0.25) is 14.6 Å². The number of pyridine rings is 2. The Kier molecular flexibility index (Phi) is 8.32. The normalized spacial score (nSPS) is 15.9. The third-order valence-corrected chi connectivity index (χ3v) is 8.08. The first kappa shape index (κ1) is 29.3. The number of piperazine rings is 1. The molecule has 0 saturated carbocycles. The highest BCUT2D eigenvalue weighted by atomic mass is 19.4. The number of hydrogen-bond acceptors (Lipinski definition) is 6. The van der Waals surface area contributed by atoms with Gasteiger partial charge in [0.05, 0.1) is 18.3 Å². The van der Waals surface area contributed by atoms with Crippen LogP contribution in [-0.2, 0) is 11.2 Å². The average molecular weight is 604 g/mol. The number of aromatic nitrogens is 4. The van der Waals surface area contributed by atoms with Gasteiger partial charge in [0, 0.05) is 75.6 Å². The number of rotatable bonds is 7. The van der Waals surface area contributed by atoms with E-state index in [4.69, 9.17) is 4.98 Å². The fraction of sp³-hybridized carbons (Fsp3) is 0.344. The summed E-state index contributed by atoms with van der Waals surface area (Å²) in [5.74, 6) is 0.152. The molecule has 228 valence electrons. The van der Waals surface area contributed by atoms with Crippen molar-refractivity contribution in [2.75, 3.05) is 44.2 Å². The van der Waals surface area contributed by atoms with Gasteiger partial charge in [-0.05, 0) is 54.0 Å². The van der Waals surface area contributed by atoms with E-state index in [1.54, 1.807) is 10.7 Å². The smallest absolute Gasteiger partial charge is 0.367 e. The Labute approximate surface area is 252 Å². The molecule has 4 aromatic rings. The maximum atomic E-state index is 13.1. The number of amides is 2. The first-order valence-corrected chi connectivity index (χ1v) is 14.6. The van der Waals surface area contributed by atoms with Crippen LogP contribution in [0.25, 0.3) is 11.2 Å². The third-order valence-electron chi connectivity index (χ3n) is 8.08. The predicted octanol–water partition coefficient (Wildman–Crippen LogP) is 4.64. The van der Waals surface area contributed by atoms with E-state index in [-0.39, 0.29) is 12.5 Å². The van der Waals surface area contributed by atoms with Crippen LogP contribution >= 0.6 is 0 Å². The van der Waals surface area contributed by atoms with Crippen LogP contribution in [0.15, 0.2) is 73.2 Å². The molecular weight excluding hydrogens is 571 g/mol. The van der Waals surface area contributed by atoms with Gasteiger partial charge in [0.2, 0.25) is 5.91 Å². The molecule has 9 nitrogen and oxygen atoms in total. The number of nitrogens with zero attached hydrogens (tertiary/aromatic N) is 7. The molecule has 0 unspecified atom stereocenters. The van der Waals surface area contributed by atoms with Crippen LogP contribution < -0.4 is 4.90 Å². The zero-order chi connectivity index (χ0) is 30.7. The number of halogens is 3. The van der Waals surface area contributed by atoms with Crippen molar-refractivity contribution in [1.82, 2.24) is 29.4 Å². The largest absolute Gasteiger partial charge is 0.389 e. The fourth-order valence-corrected chi connectivity index (χ4v) is 5.66. The van der Waals surface area contributed by atoms with E-state index >= 15 is 0 Å². The van der Waals surface area contributed by atoms with Gasteiger partial charge in [-0.2, -0.15) is 18.3 Å². The molecule has 0 N–H and O–H groups in total. The van der Waals surface area contributed by atoms with Crippen LogP contribution in [0.5, 0.6) is 0 Å². The second-order valence-electron chi connectivity index (χ2n) is 11.0. The molecule has 0 atom stereocenters. The van der Waals surface area contributed by atoms with Crippen molar-refractivity contribution in [3.63, 3.8) is 0 Å². The minimum atomic E-state index is -4.34. The summed E-state index contributed by atoms with van der Waals surface area (Å²) in [7, 11) is 0. The minimum Gasteiger partial charge on any atom is -0.367 e. The molecule has 1 saturated heterocycles. The van der Waals surface area contributed by atoms with Gasteiger partial charge in [-0.25, -0.2) is 9.50 Å². The van der Waals surface area contributed by atoms with Gasteiger partial charge in [0.1, 0.15) is 0 Å². The molecule has 1 fully saturated rings. The summed E-state index contributed by atoms with van der Waals surface area (Å²) in [6, 6.07) is 15.3. The molecule has 3 aromatic heterocycles. The van der Waals surface area contributed by atoms with E-state index < -0.39 is 24.9 Å². The topological polar surface area (TPSA) is 86.9 Å². The number of carbonyl (C=O) groups is 2. The Morgan fingerprint density at radius 3 is 2.39 bits per heavy atom. The lowest BCUT2D eigenvalue weighted by Gasteiger charge is -2.36. The number of benzene rings is 1. The Morgan fingerprint density at radius 2 is 1.70 bits per heavy atom. The fourth-order valence-electron chi connectivity index (χ4n) is 5.66. The molecular formula is C32H32F3N7O2. The van der Waals surface area contributed by atoms with E-state index in [2.05, 4.69) is 15.0 Å². The molecule has 0 bridgehead atoms. The summed E-state index contributed by atoms with van der Waals surface area (Å²) >= 11 is 0. The minimum absolute atomic E-state index is 0.0132. The van der Waals surface area contributed by atoms with Gasteiger partial charge in [0.25, 0.3) is 5.91 Å². The number of hydrogen-bond donors (Lipinski definition) is 0.